The number of amides is 2. The molecule has 1 heterocycles. The van der Waals surface area contributed by atoms with Crippen LogP contribution in [0, 0.1) is 10.1 Å². The number of rotatable bonds is 8. The minimum atomic E-state index is -0.398. The van der Waals surface area contributed by atoms with Gasteiger partial charge in [0.25, 0.3) is 5.69 Å². The predicted molar refractivity (Wildman–Crippen MR) is 132 cm³/mol. The van der Waals surface area contributed by atoms with Crippen LogP contribution >= 0.6 is 11.8 Å². The molecule has 2 amide bonds. The minimum absolute atomic E-state index is 0.00642. The number of hydrogen-bond donors (Lipinski definition) is 1. The molecule has 0 spiro atoms. The van der Waals surface area contributed by atoms with Gasteiger partial charge in [0.15, 0.2) is 0 Å². The highest BCUT2D eigenvalue weighted by Gasteiger charge is 2.26. The fourth-order valence-corrected chi connectivity index (χ4v) is 4.85. The number of morpholine rings is 1. The first kappa shape index (κ1) is 25.5. The average Bonchev–Trinajstić information content (AvgIpc) is 2.82. The molecule has 8 nitrogen and oxygen atoms in total. The molecule has 0 aliphatic carbocycles. The zero-order valence-electron chi connectivity index (χ0n) is 19.5. The largest absolute Gasteiger partial charge is 0.377 e. The van der Waals surface area contributed by atoms with Crippen molar-refractivity contribution in [1.82, 2.24) is 10.2 Å². The molecule has 1 atom stereocenters. The van der Waals surface area contributed by atoms with Crippen LogP contribution in [-0.2, 0) is 14.3 Å². The third-order valence-electron chi connectivity index (χ3n) is 5.46. The van der Waals surface area contributed by atoms with Crippen LogP contribution in [0.4, 0.5) is 5.69 Å². The summed E-state index contributed by atoms with van der Waals surface area (Å²) in [6.07, 6.45) is 2.99. The first-order valence-electron chi connectivity index (χ1n) is 11.1. The van der Waals surface area contributed by atoms with Gasteiger partial charge in [0.1, 0.15) is 0 Å². The lowest BCUT2D eigenvalue weighted by Gasteiger charge is -2.35. The van der Waals surface area contributed by atoms with E-state index in [2.05, 4.69) is 19.2 Å². The summed E-state index contributed by atoms with van der Waals surface area (Å²) >= 11 is 1.37. The Morgan fingerprint density at radius 2 is 2.03 bits per heavy atom. The molecule has 2 aromatic rings. The van der Waals surface area contributed by atoms with Crippen LogP contribution in [0.5, 0.6) is 0 Å². The number of hydrogen-bond acceptors (Lipinski definition) is 6. The normalized spacial score (nSPS) is 16.1. The lowest BCUT2D eigenvalue weighted by atomic mass is 10.0. The topological polar surface area (TPSA) is 102 Å². The second-order valence-electron chi connectivity index (χ2n) is 8.31. The maximum Gasteiger partial charge on any atom is 0.283 e. The summed E-state index contributed by atoms with van der Waals surface area (Å²) in [6.45, 7) is 7.09. The Hall–Kier alpha value is -3.17. The van der Waals surface area contributed by atoms with Crippen molar-refractivity contribution in [2.24, 2.45) is 0 Å². The van der Waals surface area contributed by atoms with Crippen LogP contribution < -0.4 is 5.32 Å². The van der Waals surface area contributed by atoms with Crippen molar-refractivity contribution in [1.29, 1.82) is 0 Å². The molecule has 9 heteroatoms. The van der Waals surface area contributed by atoms with E-state index in [1.54, 1.807) is 23.1 Å². The molecule has 1 aliphatic heterocycles. The summed E-state index contributed by atoms with van der Waals surface area (Å²) in [5.41, 5.74) is 1.69. The maximum absolute atomic E-state index is 12.8. The quantitative estimate of drug-likeness (QED) is 0.342. The molecular weight excluding hydrogens is 454 g/mol. The summed E-state index contributed by atoms with van der Waals surface area (Å²) in [4.78, 5) is 38.6. The number of carbonyl (C=O) groups excluding carboxylic acids is 2. The number of nitro benzene ring substituents is 1. The predicted octanol–water partition coefficient (Wildman–Crippen LogP) is 4.25. The molecule has 0 aromatic heterocycles. The molecule has 1 aliphatic rings. The van der Waals surface area contributed by atoms with E-state index in [0.29, 0.717) is 42.7 Å². The second kappa shape index (κ2) is 11.8. The smallest absolute Gasteiger partial charge is 0.283 e. The van der Waals surface area contributed by atoms with Crippen molar-refractivity contribution in [3.63, 3.8) is 0 Å². The van der Waals surface area contributed by atoms with Crippen molar-refractivity contribution in [2.45, 2.75) is 42.5 Å². The Balaban J connectivity index is 1.78. The fourth-order valence-electron chi connectivity index (χ4n) is 3.67. The van der Waals surface area contributed by atoms with E-state index in [4.69, 9.17) is 4.74 Å². The van der Waals surface area contributed by atoms with E-state index in [1.807, 2.05) is 24.3 Å². The van der Waals surface area contributed by atoms with Crippen LogP contribution in [0.3, 0.4) is 0 Å². The lowest BCUT2D eigenvalue weighted by Crippen LogP contribution is -2.52. The van der Waals surface area contributed by atoms with E-state index in [9.17, 15) is 19.7 Å². The van der Waals surface area contributed by atoms with Crippen LogP contribution in [0.25, 0.3) is 6.08 Å². The molecule has 1 fully saturated rings. The van der Waals surface area contributed by atoms with E-state index in [0.717, 1.165) is 10.5 Å². The molecule has 2 aromatic carbocycles. The number of nitrogens with zero attached hydrogens (tertiary/aromatic N) is 2. The van der Waals surface area contributed by atoms with Gasteiger partial charge in [0, 0.05) is 37.1 Å². The summed E-state index contributed by atoms with van der Waals surface area (Å²) in [5.74, 6) is -0.106. The number of carbonyl (C=O) groups is 2. The first-order valence-corrected chi connectivity index (χ1v) is 11.9. The van der Waals surface area contributed by atoms with Gasteiger partial charge < -0.3 is 15.0 Å². The van der Waals surface area contributed by atoms with Crippen LogP contribution in [0.15, 0.2) is 58.3 Å². The molecule has 0 radical (unpaired) electrons. The SMILES string of the molecule is CC(=O)NCC1COCCN1C(=O)/C=C/c1ccc(Sc2ccccc2C(C)C)c([N+](=O)[O-])c1. The number of benzene rings is 2. The van der Waals surface area contributed by atoms with Crippen LogP contribution in [-0.4, -0.2) is 54.0 Å². The fraction of sp³-hybridized carbons (Fsp3) is 0.360. The lowest BCUT2D eigenvalue weighted by molar-refractivity contribution is -0.387. The van der Waals surface area contributed by atoms with Crippen LogP contribution in [0.2, 0.25) is 0 Å². The molecule has 34 heavy (non-hydrogen) atoms. The maximum atomic E-state index is 12.8. The van der Waals surface area contributed by atoms with Gasteiger partial charge in [0.05, 0.1) is 29.1 Å². The molecular formula is C25H29N3O5S. The average molecular weight is 484 g/mol. The summed E-state index contributed by atoms with van der Waals surface area (Å²) < 4.78 is 5.44. The highest BCUT2D eigenvalue weighted by atomic mass is 32.2. The van der Waals surface area contributed by atoms with E-state index in [-0.39, 0.29) is 23.5 Å². The minimum Gasteiger partial charge on any atom is -0.377 e. The van der Waals surface area contributed by atoms with Crippen molar-refractivity contribution in [3.8, 4) is 0 Å². The molecule has 1 saturated heterocycles. The number of nitro groups is 1. The van der Waals surface area contributed by atoms with Gasteiger partial charge in [-0.25, -0.2) is 0 Å². The van der Waals surface area contributed by atoms with Crippen molar-refractivity contribution < 1.29 is 19.2 Å². The third-order valence-corrected chi connectivity index (χ3v) is 6.61. The first-order chi connectivity index (χ1) is 16.3. The van der Waals surface area contributed by atoms with Gasteiger partial charge in [0.2, 0.25) is 11.8 Å². The zero-order chi connectivity index (χ0) is 24.7. The van der Waals surface area contributed by atoms with Crippen molar-refractivity contribution >= 4 is 35.3 Å². The molecule has 0 bridgehead atoms. The Bertz CT molecular complexity index is 1090. The Morgan fingerprint density at radius 3 is 2.74 bits per heavy atom. The summed E-state index contributed by atoms with van der Waals surface area (Å²) in [5, 5.41) is 14.5. The number of ether oxygens (including phenoxy) is 1. The Labute approximate surface area is 203 Å². The highest BCUT2D eigenvalue weighted by molar-refractivity contribution is 7.99. The van der Waals surface area contributed by atoms with Gasteiger partial charge in [-0.1, -0.05) is 49.9 Å². The zero-order valence-corrected chi connectivity index (χ0v) is 20.3. The van der Waals surface area contributed by atoms with Gasteiger partial charge in [-0.05, 0) is 35.3 Å². The molecule has 1 N–H and O–H groups in total. The second-order valence-corrected chi connectivity index (χ2v) is 9.39. The van der Waals surface area contributed by atoms with E-state index in [1.165, 1.54) is 30.8 Å². The Morgan fingerprint density at radius 1 is 1.26 bits per heavy atom. The van der Waals surface area contributed by atoms with Crippen molar-refractivity contribution in [3.05, 3.63) is 69.8 Å². The summed E-state index contributed by atoms with van der Waals surface area (Å²) in [6, 6.07) is 12.6. The van der Waals surface area contributed by atoms with Crippen LogP contribution in [0.1, 0.15) is 37.8 Å². The van der Waals surface area contributed by atoms with E-state index >= 15 is 0 Å². The summed E-state index contributed by atoms with van der Waals surface area (Å²) in [7, 11) is 0. The monoisotopic (exact) mass is 483 g/mol. The Kier molecular flexibility index (Phi) is 8.84. The van der Waals surface area contributed by atoms with Crippen molar-refractivity contribution in [2.75, 3.05) is 26.3 Å². The van der Waals surface area contributed by atoms with Gasteiger partial charge in [-0.15, -0.1) is 0 Å². The van der Waals surface area contributed by atoms with Gasteiger partial charge in [-0.2, -0.15) is 0 Å². The highest BCUT2D eigenvalue weighted by Crippen LogP contribution is 2.39. The molecule has 180 valence electrons. The standard InChI is InChI=1S/C25H29N3O5S/c1-17(2)21-6-4-5-7-23(21)34-24-10-8-19(14-22(24)28(31)32)9-11-25(30)27-12-13-33-16-20(27)15-26-18(3)29/h4-11,14,17,20H,12-13,15-16H2,1-3H3,(H,26,29)/b11-9+. The van der Waals surface area contributed by atoms with Gasteiger partial charge >= 0.3 is 0 Å². The molecule has 0 saturated carbocycles. The van der Waals surface area contributed by atoms with E-state index < -0.39 is 4.92 Å². The molecule has 1 unspecified atom stereocenters. The number of nitrogens with one attached hydrogen (secondary N) is 1. The van der Waals surface area contributed by atoms with Gasteiger partial charge in [-0.3, -0.25) is 19.7 Å². The molecule has 3 rings (SSSR count). The third kappa shape index (κ3) is 6.68.